The number of rotatable bonds is 2. The van der Waals surface area contributed by atoms with E-state index in [1.165, 1.54) is 6.04 Å². The van der Waals surface area contributed by atoms with E-state index >= 15 is 0 Å². The Kier molecular flexibility index (Phi) is 3.49. The van der Waals surface area contributed by atoms with E-state index in [1.807, 2.05) is 0 Å². The maximum absolute atomic E-state index is 4.45. The molecule has 0 N–H and O–H groups in total. The first-order chi connectivity index (χ1) is 4.71. The Morgan fingerprint density at radius 3 is 1.91 bits per heavy atom. The van der Waals surface area contributed by atoms with Crippen LogP contribution in [0.1, 0.15) is 20.8 Å². The highest BCUT2D eigenvalue weighted by Gasteiger charge is 2.11. The lowest BCUT2D eigenvalue weighted by Crippen LogP contribution is -2.20. The van der Waals surface area contributed by atoms with Gasteiger partial charge in [0.1, 0.15) is 0 Å². The number of aliphatic imine (C=N–C) groups is 1. The molecule has 0 saturated heterocycles. The standard InChI is InChI=1S/C9H21NSi/c1-9(2,3)10-7-8-11(4,5)6/h7H,8H2,1-6H3. The van der Waals surface area contributed by atoms with Crippen molar-refractivity contribution in [2.24, 2.45) is 4.99 Å². The van der Waals surface area contributed by atoms with Gasteiger partial charge in [-0.2, -0.15) is 0 Å². The van der Waals surface area contributed by atoms with Gasteiger partial charge in [-0.25, -0.2) is 0 Å². The van der Waals surface area contributed by atoms with Crippen LogP contribution in [0.15, 0.2) is 4.99 Å². The van der Waals surface area contributed by atoms with Crippen LogP contribution in [0.4, 0.5) is 0 Å². The third-order valence-corrected chi connectivity index (χ3v) is 2.59. The average Bonchev–Trinajstić information content (AvgIpc) is 1.55. The summed E-state index contributed by atoms with van der Waals surface area (Å²) < 4.78 is 0. The molecule has 0 spiro atoms. The SMILES string of the molecule is CC(C)(C)N=CC[Si](C)(C)C. The molecule has 0 radical (unpaired) electrons. The Hall–Kier alpha value is -0.113. The van der Waals surface area contributed by atoms with Crippen molar-refractivity contribution in [3.8, 4) is 0 Å². The smallest absolute Gasteiger partial charge is 0.0520 e. The van der Waals surface area contributed by atoms with E-state index in [2.05, 4.69) is 51.6 Å². The van der Waals surface area contributed by atoms with Crippen LogP contribution in [0.25, 0.3) is 0 Å². The molecule has 0 heterocycles. The highest BCUT2D eigenvalue weighted by Crippen LogP contribution is 2.09. The molecule has 0 fully saturated rings. The van der Waals surface area contributed by atoms with Gasteiger partial charge in [0.15, 0.2) is 0 Å². The Balaban J connectivity index is 3.80. The van der Waals surface area contributed by atoms with Crippen LogP contribution in [0.3, 0.4) is 0 Å². The summed E-state index contributed by atoms with van der Waals surface area (Å²) in [5.74, 6) is 0. The predicted octanol–water partition coefficient (Wildman–Crippen LogP) is 3.19. The van der Waals surface area contributed by atoms with Crippen LogP contribution in [-0.2, 0) is 0 Å². The van der Waals surface area contributed by atoms with Crippen molar-refractivity contribution < 1.29 is 0 Å². The van der Waals surface area contributed by atoms with Gasteiger partial charge in [-0.1, -0.05) is 19.6 Å². The first kappa shape index (κ1) is 10.9. The monoisotopic (exact) mass is 171 g/mol. The lowest BCUT2D eigenvalue weighted by Gasteiger charge is -2.15. The minimum Gasteiger partial charge on any atom is -0.292 e. The molecule has 11 heavy (non-hydrogen) atoms. The third-order valence-electron chi connectivity index (χ3n) is 1.18. The quantitative estimate of drug-likeness (QED) is 0.447. The average molecular weight is 171 g/mol. The molecular weight excluding hydrogens is 150 g/mol. The Labute approximate surface area is 71.9 Å². The normalized spacial score (nSPS) is 14.4. The van der Waals surface area contributed by atoms with Crippen molar-refractivity contribution in [3.63, 3.8) is 0 Å². The molecule has 0 aliphatic rings. The molecule has 2 heteroatoms. The minimum absolute atomic E-state index is 0.111. The summed E-state index contributed by atoms with van der Waals surface area (Å²) >= 11 is 0. The molecule has 0 aromatic carbocycles. The van der Waals surface area contributed by atoms with Gasteiger partial charge in [0.2, 0.25) is 0 Å². The summed E-state index contributed by atoms with van der Waals surface area (Å²) in [6.07, 6.45) is 2.10. The fourth-order valence-corrected chi connectivity index (χ4v) is 1.23. The minimum atomic E-state index is -0.906. The van der Waals surface area contributed by atoms with Gasteiger partial charge in [0.25, 0.3) is 0 Å². The zero-order chi connectivity index (χ0) is 9.12. The second kappa shape index (κ2) is 3.52. The summed E-state index contributed by atoms with van der Waals surface area (Å²) in [6.45, 7) is 13.5. The maximum Gasteiger partial charge on any atom is 0.0520 e. The number of nitrogens with zero attached hydrogens (tertiary/aromatic N) is 1. The van der Waals surface area contributed by atoms with E-state index < -0.39 is 8.07 Å². The lowest BCUT2D eigenvalue weighted by atomic mass is 10.1. The highest BCUT2D eigenvalue weighted by molar-refractivity contribution is 6.78. The first-order valence-electron chi connectivity index (χ1n) is 4.24. The van der Waals surface area contributed by atoms with Crippen LogP contribution in [-0.4, -0.2) is 19.8 Å². The largest absolute Gasteiger partial charge is 0.292 e. The van der Waals surface area contributed by atoms with Crippen LogP contribution >= 0.6 is 0 Å². The van der Waals surface area contributed by atoms with E-state index in [1.54, 1.807) is 0 Å². The second-order valence-electron chi connectivity index (χ2n) is 5.25. The summed E-state index contributed by atoms with van der Waals surface area (Å²) in [4.78, 5) is 4.45. The second-order valence-corrected chi connectivity index (χ2v) is 10.8. The van der Waals surface area contributed by atoms with Gasteiger partial charge in [-0.3, -0.25) is 4.99 Å². The van der Waals surface area contributed by atoms with Crippen LogP contribution in [0.2, 0.25) is 25.7 Å². The van der Waals surface area contributed by atoms with Gasteiger partial charge in [-0.05, 0) is 33.0 Å². The van der Waals surface area contributed by atoms with E-state index in [0.29, 0.717) is 0 Å². The third kappa shape index (κ3) is 9.89. The summed E-state index contributed by atoms with van der Waals surface area (Å²) in [5.41, 5.74) is 0.111. The summed E-state index contributed by atoms with van der Waals surface area (Å²) in [6, 6.07) is 1.20. The molecule has 0 bridgehead atoms. The van der Waals surface area contributed by atoms with Crippen LogP contribution < -0.4 is 0 Å². The maximum atomic E-state index is 4.45. The van der Waals surface area contributed by atoms with Gasteiger partial charge < -0.3 is 0 Å². The molecule has 0 aromatic rings. The molecular formula is C9H21NSi. The van der Waals surface area contributed by atoms with Crippen LogP contribution in [0, 0.1) is 0 Å². The molecule has 0 aliphatic carbocycles. The van der Waals surface area contributed by atoms with Crippen LogP contribution in [0.5, 0.6) is 0 Å². The van der Waals surface area contributed by atoms with Crippen molar-refractivity contribution in [3.05, 3.63) is 0 Å². The molecule has 0 aliphatic heterocycles. The van der Waals surface area contributed by atoms with E-state index in [9.17, 15) is 0 Å². The molecule has 66 valence electrons. The first-order valence-corrected chi connectivity index (χ1v) is 7.95. The van der Waals surface area contributed by atoms with Gasteiger partial charge in [-0.15, -0.1) is 0 Å². The molecule has 0 saturated carbocycles. The fraction of sp³-hybridized carbons (Fsp3) is 0.889. The lowest BCUT2D eigenvalue weighted by molar-refractivity contribution is 0.586. The van der Waals surface area contributed by atoms with Crippen molar-refractivity contribution >= 4 is 14.3 Å². The predicted molar refractivity (Wildman–Crippen MR) is 56.4 cm³/mol. The molecule has 0 rings (SSSR count). The molecule has 0 amide bonds. The number of hydrogen-bond donors (Lipinski definition) is 0. The highest BCUT2D eigenvalue weighted by atomic mass is 28.3. The Morgan fingerprint density at radius 2 is 1.64 bits per heavy atom. The molecule has 0 aromatic heterocycles. The number of hydrogen-bond acceptors (Lipinski definition) is 1. The van der Waals surface area contributed by atoms with Crippen molar-refractivity contribution in [1.82, 2.24) is 0 Å². The van der Waals surface area contributed by atoms with Crippen molar-refractivity contribution in [2.75, 3.05) is 0 Å². The summed E-state index contributed by atoms with van der Waals surface area (Å²) in [5, 5.41) is 0. The fourth-order valence-electron chi connectivity index (χ4n) is 0.593. The Bertz CT molecular complexity index is 137. The van der Waals surface area contributed by atoms with Gasteiger partial charge in [0.05, 0.1) is 5.54 Å². The van der Waals surface area contributed by atoms with E-state index in [4.69, 9.17) is 0 Å². The summed E-state index contributed by atoms with van der Waals surface area (Å²) in [7, 11) is -0.906. The van der Waals surface area contributed by atoms with Crippen molar-refractivity contribution in [2.45, 2.75) is 52.0 Å². The van der Waals surface area contributed by atoms with Gasteiger partial charge in [0, 0.05) is 8.07 Å². The van der Waals surface area contributed by atoms with Gasteiger partial charge >= 0.3 is 0 Å². The topological polar surface area (TPSA) is 12.4 Å². The Morgan fingerprint density at radius 1 is 1.18 bits per heavy atom. The zero-order valence-electron chi connectivity index (χ0n) is 8.73. The van der Waals surface area contributed by atoms with E-state index in [-0.39, 0.29) is 5.54 Å². The van der Waals surface area contributed by atoms with Crippen molar-refractivity contribution in [1.29, 1.82) is 0 Å². The molecule has 0 unspecified atom stereocenters. The van der Waals surface area contributed by atoms with E-state index in [0.717, 1.165) is 0 Å². The molecule has 0 atom stereocenters. The zero-order valence-corrected chi connectivity index (χ0v) is 9.73. The molecule has 1 nitrogen and oxygen atoms in total.